The molecule has 5 nitrogen and oxygen atoms in total. The zero-order chi connectivity index (χ0) is 18.0. The second-order valence-electron chi connectivity index (χ2n) is 5.51. The van der Waals surface area contributed by atoms with E-state index in [0.717, 1.165) is 18.2 Å². The summed E-state index contributed by atoms with van der Waals surface area (Å²) in [5.41, 5.74) is 0.506. The average Bonchev–Trinajstić information content (AvgIpc) is 2.91. The number of rotatable bonds is 4. The number of amides is 3. The van der Waals surface area contributed by atoms with Crippen LogP contribution in [0.25, 0.3) is 0 Å². The SMILES string of the molecule is O=C(CN1CCN(c2ccc(F)c(F)c2)C1=O)Nc1cccc(F)c1. The molecule has 0 aromatic heterocycles. The molecular formula is C17H14F3N3O2. The van der Waals surface area contributed by atoms with E-state index in [9.17, 15) is 22.8 Å². The Morgan fingerprint density at radius 1 is 1.04 bits per heavy atom. The minimum atomic E-state index is -1.05. The molecule has 0 saturated carbocycles. The second kappa shape index (κ2) is 6.84. The van der Waals surface area contributed by atoms with Crippen molar-refractivity contribution in [1.29, 1.82) is 0 Å². The minimum Gasteiger partial charge on any atom is -0.324 e. The Hall–Kier alpha value is -3.03. The third kappa shape index (κ3) is 3.73. The van der Waals surface area contributed by atoms with Gasteiger partial charge < -0.3 is 10.2 Å². The number of hydrogen-bond donors (Lipinski definition) is 1. The number of carbonyl (C=O) groups excluding carboxylic acids is 2. The second-order valence-corrected chi connectivity index (χ2v) is 5.51. The summed E-state index contributed by atoms with van der Waals surface area (Å²) < 4.78 is 39.4. The van der Waals surface area contributed by atoms with Gasteiger partial charge >= 0.3 is 6.03 Å². The van der Waals surface area contributed by atoms with Crippen LogP contribution in [0.3, 0.4) is 0 Å². The van der Waals surface area contributed by atoms with E-state index in [4.69, 9.17) is 0 Å². The maximum Gasteiger partial charge on any atom is 0.325 e. The number of benzene rings is 2. The maximum absolute atomic E-state index is 13.3. The Morgan fingerprint density at radius 3 is 2.56 bits per heavy atom. The Balaban J connectivity index is 1.63. The highest BCUT2D eigenvalue weighted by atomic mass is 19.2. The van der Waals surface area contributed by atoms with Crippen molar-refractivity contribution in [1.82, 2.24) is 4.90 Å². The van der Waals surface area contributed by atoms with E-state index in [1.54, 1.807) is 0 Å². The van der Waals surface area contributed by atoms with Crippen LogP contribution in [0.1, 0.15) is 0 Å². The molecule has 2 aromatic carbocycles. The number of anilines is 2. The zero-order valence-electron chi connectivity index (χ0n) is 13.0. The van der Waals surface area contributed by atoms with Gasteiger partial charge in [0.2, 0.25) is 5.91 Å². The molecule has 2 aromatic rings. The Bertz CT molecular complexity index is 829. The molecular weight excluding hydrogens is 335 g/mol. The van der Waals surface area contributed by atoms with Crippen LogP contribution in [0.4, 0.5) is 29.3 Å². The van der Waals surface area contributed by atoms with Crippen LogP contribution in [0.5, 0.6) is 0 Å². The van der Waals surface area contributed by atoms with Crippen LogP contribution in [0, 0.1) is 17.5 Å². The van der Waals surface area contributed by atoms with Crippen molar-refractivity contribution in [3.63, 3.8) is 0 Å². The number of urea groups is 1. The molecule has 1 heterocycles. The Labute approximate surface area is 141 Å². The van der Waals surface area contributed by atoms with Crippen molar-refractivity contribution in [3.8, 4) is 0 Å². The summed E-state index contributed by atoms with van der Waals surface area (Å²) in [4.78, 5) is 26.9. The first-order chi connectivity index (χ1) is 11.9. The molecule has 25 heavy (non-hydrogen) atoms. The summed E-state index contributed by atoms with van der Waals surface area (Å²) in [5.74, 6) is -3.01. The van der Waals surface area contributed by atoms with E-state index >= 15 is 0 Å². The molecule has 1 N–H and O–H groups in total. The van der Waals surface area contributed by atoms with E-state index in [1.807, 2.05) is 0 Å². The van der Waals surface area contributed by atoms with Crippen molar-refractivity contribution in [2.45, 2.75) is 0 Å². The lowest BCUT2D eigenvalue weighted by Crippen LogP contribution is -2.37. The fraction of sp³-hybridized carbons (Fsp3) is 0.176. The summed E-state index contributed by atoms with van der Waals surface area (Å²) in [6, 6.07) is 8.08. The van der Waals surface area contributed by atoms with Gasteiger partial charge in [0, 0.05) is 30.5 Å². The number of nitrogens with zero attached hydrogens (tertiary/aromatic N) is 2. The van der Waals surface area contributed by atoms with Crippen molar-refractivity contribution >= 4 is 23.3 Å². The number of halogens is 3. The molecule has 0 bridgehead atoms. The van der Waals surface area contributed by atoms with Gasteiger partial charge in [-0.1, -0.05) is 6.07 Å². The van der Waals surface area contributed by atoms with E-state index in [0.29, 0.717) is 0 Å². The van der Waals surface area contributed by atoms with Crippen molar-refractivity contribution in [2.75, 3.05) is 29.9 Å². The Morgan fingerprint density at radius 2 is 1.84 bits per heavy atom. The van der Waals surface area contributed by atoms with Crippen LogP contribution >= 0.6 is 0 Å². The smallest absolute Gasteiger partial charge is 0.324 e. The molecule has 3 rings (SSSR count). The van der Waals surface area contributed by atoms with Gasteiger partial charge in [-0.05, 0) is 30.3 Å². The first-order valence-electron chi connectivity index (χ1n) is 7.51. The quantitative estimate of drug-likeness (QED) is 0.923. The molecule has 1 saturated heterocycles. The lowest BCUT2D eigenvalue weighted by molar-refractivity contribution is -0.116. The van der Waals surface area contributed by atoms with E-state index < -0.39 is 29.4 Å². The molecule has 1 fully saturated rings. The maximum atomic E-state index is 13.3. The molecule has 130 valence electrons. The predicted octanol–water partition coefficient (Wildman–Crippen LogP) is 2.98. The fourth-order valence-electron chi connectivity index (χ4n) is 2.56. The number of nitrogens with one attached hydrogen (secondary N) is 1. The van der Waals surface area contributed by atoms with Gasteiger partial charge in [-0.25, -0.2) is 18.0 Å². The van der Waals surface area contributed by atoms with Gasteiger partial charge in [-0.2, -0.15) is 0 Å². The lowest BCUT2D eigenvalue weighted by atomic mass is 10.3. The van der Waals surface area contributed by atoms with E-state index in [2.05, 4.69) is 5.32 Å². The predicted molar refractivity (Wildman–Crippen MR) is 85.7 cm³/mol. The zero-order valence-corrected chi connectivity index (χ0v) is 13.0. The third-order valence-corrected chi connectivity index (χ3v) is 3.75. The number of hydrogen-bond acceptors (Lipinski definition) is 2. The molecule has 1 aliphatic heterocycles. The lowest BCUT2D eigenvalue weighted by Gasteiger charge is -2.18. The molecule has 0 spiro atoms. The highest BCUT2D eigenvalue weighted by molar-refractivity contribution is 5.99. The summed E-state index contributed by atoms with van der Waals surface area (Å²) >= 11 is 0. The van der Waals surface area contributed by atoms with Gasteiger partial charge in [0.05, 0.1) is 0 Å². The van der Waals surface area contributed by atoms with Gasteiger partial charge in [-0.15, -0.1) is 0 Å². The van der Waals surface area contributed by atoms with Gasteiger partial charge in [0.1, 0.15) is 12.4 Å². The van der Waals surface area contributed by atoms with Crippen LogP contribution in [-0.4, -0.2) is 36.5 Å². The topological polar surface area (TPSA) is 52.7 Å². The molecule has 0 aliphatic carbocycles. The molecule has 0 atom stereocenters. The average molecular weight is 349 g/mol. The highest BCUT2D eigenvalue weighted by Gasteiger charge is 2.31. The van der Waals surface area contributed by atoms with Crippen LogP contribution in [-0.2, 0) is 4.79 Å². The van der Waals surface area contributed by atoms with Crippen molar-refractivity contribution in [2.24, 2.45) is 0 Å². The normalized spacial score (nSPS) is 14.1. The fourth-order valence-corrected chi connectivity index (χ4v) is 2.56. The van der Waals surface area contributed by atoms with Gasteiger partial charge in [0.15, 0.2) is 11.6 Å². The highest BCUT2D eigenvalue weighted by Crippen LogP contribution is 2.22. The standard InChI is InChI=1S/C17H14F3N3O2/c18-11-2-1-3-12(8-11)21-16(24)10-22-6-7-23(17(22)25)13-4-5-14(19)15(20)9-13/h1-5,8-9H,6-7,10H2,(H,21,24). The third-order valence-electron chi connectivity index (χ3n) is 3.75. The number of carbonyl (C=O) groups is 2. The van der Waals surface area contributed by atoms with E-state index in [1.165, 1.54) is 34.1 Å². The van der Waals surface area contributed by atoms with Crippen LogP contribution in [0.2, 0.25) is 0 Å². The van der Waals surface area contributed by atoms with Gasteiger partial charge in [0.25, 0.3) is 0 Å². The summed E-state index contributed by atoms with van der Waals surface area (Å²) in [6.07, 6.45) is 0. The molecule has 0 radical (unpaired) electrons. The van der Waals surface area contributed by atoms with Crippen molar-refractivity contribution in [3.05, 3.63) is 59.9 Å². The monoisotopic (exact) mass is 349 g/mol. The molecule has 8 heteroatoms. The van der Waals surface area contributed by atoms with Crippen LogP contribution in [0.15, 0.2) is 42.5 Å². The largest absolute Gasteiger partial charge is 0.325 e. The summed E-state index contributed by atoms with van der Waals surface area (Å²) in [6.45, 7) is 0.279. The van der Waals surface area contributed by atoms with Crippen LogP contribution < -0.4 is 10.2 Å². The Kier molecular flexibility index (Phi) is 4.60. The first-order valence-corrected chi connectivity index (χ1v) is 7.51. The molecule has 3 amide bonds. The molecule has 0 unspecified atom stereocenters. The summed E-state index contributed by atoms with van der Waals surface area (Å²) in [7, 11) is 0. The van der Waals surface area contributed by atoms with E-state index in [-0.39, 0.29) is 31.0 Å². The summed E-state index contributed by atoms with van der Waals surface area (Å²) in [5, 5.41) is 2.50. The first kappa shape index (κ1) is 16.8. The van der Waals surface area contributed by atoms with Gasteiger partial charge in [-0.3, -0.25) is 9.69 Å². The molecule has 1 aliphatic rings. The minimum absolute atomic E-state index is 0.219. The van der Waals surface area contributed by atoms with Crippen molar-refractivity contribution < 1.29 is 22.8 Å².